The molecular weight excluding hydrogens is 312 g/mol. The molecule has 5 rings (SSSR count). The number of rotatable bonds is 1. The number of fused-ring (bicyclic) bond motifs is 5. The summed E-state index contributed by atoms with van der Waals surface area (Å²) >= 11 is 0. The van der Waals surface area contributed by atoms with E-state index in [1.54, 1.807) is 12.5 Å². The predicted molar refractivity (Wildman–Crippen MR) is 94.7 cm³/mol. The highest BCUT2D eigenvalue weighted by Crippen LogP contribution is 2.67. The van der Waals surface area contributed by atoms with Gasteiger partial charge in [-0.2, -0.15) is 0 Å². The lowest BCUT2D eigenvalue weighted by molar-refractivity contribution is -0.125. The molecular formula is C22H28O3. The van der Waals surface area contributed by atoms with Crippen LogP contribution in [0.2, 0.25) is 0 Å². The molecule has 4 aliphatic rings. The summed E-state index contributed by atoms with van der Waals surface area (Å²) < 4.78 is 5.30. The second-order valence-corrected chi connectivity index (χ2v) is 9.17. The molecule has 0 unspecified atom stereocenters. The van der Waals surface area contributed by atoms with Crippen LogP contribution < -0.4 is 0 Å². The summed E-state index contributed by atoms with van der Waals surface area (Å²) in [7, 11) is 0. The summed E-state index contributed by atoms with van der Waals surface area (Å²) in [6.45, 7) is 2.32. The fraction of sp³-hybridized carbons (Fsp3) is 0.682. The smallest absolute Gasteiger partial charge is 0.155 e. The van der Waals surface area contributed by atoms with Gasteiger partial charge in [-0.25, -0.2) is 0 Å². The Morgan fingerprint density at radius 2 is 2.00 bits per heavy atom. The van der Waals surface area contributed by atoms with Crippen molar-refractivity contribution in [1.82, 2.24) is 0 Å². The fourth-order valence-electron chi connectivity index (χ4n) is 7.17. The highest BCUT2D eigenvalue weighted by molar-refractivity contribution is 5.91. The lowest BCUT2D eigenvalue weighted by Gasteiger charge is -2.55. The molecule has 1 aromatic rings. The molecule has 3 fully saturated rings. The lowest BCUT2D eigenvalue weighted by Crippen LogP contribution is -2.51. The number of allylic oxidation sites excluding steroid dienone is 1. The zero-order chi connectivity index (χ0) is 17.2. The van der Waals surface area contributed by atoms with E-state index in [0.29, 0.717) is 23.5 Å². The third-order valence-corrected chi connectivity index (χ3v) is 8.45. The van der Waals surface area contributed by atoms with Crippen molar-refractivity contribution in [2.75, 3.05) is 0 Å². The molecule has 0 amide bonds. The highest BCUT2D eigenvalue weighted by Gasteiger charge is 2.63. The topological polar surface area (TPSA) is 50.4 Å². The maximum atomic E-state index is 11.8. The van der Waals surface area contributed by atoms with Gasteiger partial charge >= 0.3 is 0 Å². The van der Waals surface area contributed by atoms with Crippen LogP contribution in [0.1, 0.15) is 63.9 Å². The lowest BCUT2D eigenvalue weighted by atomic mass is 9.50. The molecule has 4 aliphatic carbocycles. The van der Waals surface area contributed by atoms with Gasteiger partial charge in [-0.3, -0.25) is 4.79 Å². The van der Waals surface area contributed by atoms with Gasteiger partial charge < -0.3 is 9.52 Å². The molecule has 134 valence electrons. The summed E-state index contributed by atoms with van der Waals surface area (Å²) in [6, 6.07) is 1.95. The van der Waals surface area contributed by atoms with Crippen molar-refractivity contribution in [3.63, 3.8) is 0 Å². The number of carbonyl (C=O) groups is 1. The quantitative estimate of drug-likeness (QED) is 0.812. The molecule has 0 radical (unpaired) electrons. The van der Waals surface area contributed by atoms with Crippen LogP contribution in [-0.2, 0) is 10.4 Å². The number of ketones is 1. The molecule has 25 heavy (non-hydrogen) atoms. The zero-order valence-electron chi connectivity index (χ0n) is 15.0. The Morgan fingerprint density at radius 1 is 1.12 bits per heavy atom. The standard InChI is InChI=1S/C22H28O3/c1-21-9-6-18-17-5-3-16(23)12-14(17)2-4-19(18)20(21)7-10-22(21,24)15-8-11-25-13-15/h8,11-13,17-20,24H,2-7,9-10H2,1H3/t17-,18-,19+,20+,21+,22-/m1/s1. The first-order valence-electron chi connectivity index (χ1n) is 10.0. The molecule has 3 saturated carbocycles. The summed E-state index contributed by atoms with van der Waals surface area (Å²) in [5.41, 5.74) is 1.61. The predicted octanol–water partition coefficient (Wildman–Crippen LogP) is 4.61. The maximum Gasteiger partial charge on any atom is 0.155 e. The summed E-state index contributed by atoms with van der Waals surface area (Å²) in [6.07, 6.45) is 13.7. The van der Waals surface area contributed by atoms with E-state index >= 15 is 0 Å². The van der Waals surface area contributed by atoms with E-state index in [4.69, 9.17) is 4.42 Å². The first kappa shape index (κ1) is 15.9. The fourth-order valence-corrected chi connectivity index (χ4v) is 7.17. The van der Waals surface area contributed by atoms with Crippen LogP contribution in [0.5, 0.6) is 0 Å². The van der Waals surface area contributed by atoms with E-state index in [0.717, 1.165) is 50.0 Å². The second kappa shape index (κ2) is 5.33. The van der Waals surface area contributed by atoms with Gasteiger partial charge in [0.25, 0.3) is 0 Å². The molecule has 1 N–H and O–H groups in total. The van der Waals surface area contributed by atoms with Crippen LogP contribution in [-0.4, -0.2) is 10.9 Å². The summed E-state index contributed by atoms with van der Waals surface area (Å²) in [5, 5.41) is 11.6. The third kappa shape index (κ3) is 2.05. The minimum atomic E-state index is -0.742. The maximum absolute atomic E-state index is 11.8. The van der Waals surface area contributed by atoms with Crippen LogP contribution in [0.15, 0.2) is 34.7 Å². The summed E-state index contributed by atoms with van der Waals surface area (Å²) in [4.78, 5) is 11.8. The Balaban J connectivity index is 1.48. The van der Waals surface area contributed by atoms with Crippen molar-refractivity contribution in [2.24, 2.45) is 29.1 Å². The van der Waals surface area contributed by atoms with Crippen molar-refractivity contribution in [1.29, 1.82) is 0 Å². The van der Waals surface area contributed by atoms with Gasteiger partial charge in [-0.05, 0) is 80.8 Å². The minimum Gasteiger partial charge on any atom is -0.472 e. The van der Waals surface area contributed by atoms with E-state index in [1.165, 1.54) is 18.4 Å². The first-order valence-corrected chi connectivity index (χ1v) is 10.0. The monoisotopic (exact) mass is 340 g/mol. The Hall–Kier alpha value is -1.35. The highest BCUT2D eigenvalue weighted by atomic mass is 16.3. The number of hydrogen-bond acceptors (Lipinski definition) is 3. The van der Waals surface area contributed by atoms with E-state index in [1.807, 2.05) is 12.1 Å². The van der Waals surface area contributed by atoms with E-state index in [-0.39, 0.29) is 5.41 Å². The first-order chi connectivity index (χ1) is 12.0. The average molecular weight is 340 g/mol. The van der Waals surface area contributed by atoms with E-state index in [9.17, 15) is 9.90 Å². The van der Waals surface area contributed by atoms with Crippen molar-refractivity contribution in [3.8, 4) is 0 Å². The summed E-state index contributed by atoms with van der Waals surface area (Å²) in [5.74, 6) is 2.97. The van der Waals surface area contributed by atoms with Crippen molar-refractivity contribution >= 4 is 5.78 Å². The molecule has 3 nitrogen and oxygen atoms in total. The van der Waals surface area contributed by atoms with Gasteiger partial charge in [-0.15, -0.1) is 0 Å². The molecule has 3 heteroatoms. The number of hydrogen-bond donors (Lipinski definition) is 1. The van der Waals surface area contributed by atoms with Crippen LogP contribution in [0, 0.1) is 29.1 Å². The third-order valence-electron chi connectivity index (χ3n) is 8.45. The molecule has 0 aromatic carbocycles. The molecule has 0 bridgehead atoms. The van der Waals surface area contributed by atoms with Gasteiger partial charge in [-0.1, -0.05) is 12.5 Å². The number of aliphatic hydroxyl groups is 1. The van der Waals surface area contributed by atoms with Gasteiger partial charge in [0, 0.05) is 17.4 Å². The normalized spacial score (nSPS) is 46.2. The Kier molecular flexibility index (Phi) is 3.38. The average Bonchev–Trinajstić information content (AvgIpc) is 3.22. The largest absolute Gasteiger partial charge is 0.472 e. The minimum absolute atomic E-state index is 0.0518. The van der Waals surface area contributed by atoms with Crippen molar-refractivity contribution in [2.45, 2.75) is 63.9 Å². The molecule has 0 saturated heterocycles. The van der Waals surface area contributed by atoms with Gasteiger partial charge in [0.1, 0.15) is 0 Å². The molecule has 0 aliphatic heterocycles. The van der Waals surface area contributed by atoms with Crippen LogP contribution >= 0.6 is 0 Å². The van der Waals surface area contributed by atoms with Crippen LogP contribution in [0.25, 0.3) is 0 Å². The number of furan rings is 1. The molecule has 0 spiro atoms. The molecule has 1 aromatic heterocycles. The molecule has 1 heterocycles. The van der Waals surface area contributed by atoms with Gasteiger partial charge in [0.15, 0.2) is 5.78 Å². The molecule has 6 atom stereocenters. The Bertz CT molecular complexity index is 718. The van der Waals surface area contributed by atoms with Gasteiger partial charge in [0.2, 0.25) is 0 Å². The van der Waals surface area contributed by atoms with Crippen LogP contribution in [0.4, 0.5) is 0 Å². The van der Waals surface area contributed by atoms with Crippen LogP contribution in [0.3, 0.4) is 0 Å². The SMILES string of the molecule is C[C@]12CC[C@H]3[C@H](CCC4=CC(=O)CC[C@H]43)[C@@H]1CC[C@@]2(O)c1ccoc1. The number of carbonyl (C=O) groups excluding carboxylic acids is 1. The van der Waals surface area contributed by atoms with Crippen molar-refractivity contribution in [3.05, 3.63) is 35.8 Å². The van der Waals surface area contributed by atoms with Gasteiger partial charge in [0.05, 0.1) is 18.1 Å². The second-order valence-electron chi connectivity index (χ2n) is 9.17. The Morgan fingerprint density at radius 3 is 2.80 bits per heavy atom. The van der Waals surface area contributed by atoms with E-state index in [2.05, 4.69) is 6.92 Å². The van der Waals surface area contributed by atoms with Crippen molar-refractivity contribution < 1.29 is 14.3 Å². The zero-order valence-corrected chi connectivity index (χ0v) is 15.0. The Labute approximate surface area is 149 Å². The van der Waals surface area contributed by atoms with E-state index < -0.39 is 5.60 Å².